The zero-order chi connectivity index (χ0) is 21.5. The van der Waals surface area contributed by atoms with Crippen LogP contribution in [0.2, 0.25) is 0 Å². The number of anilines is 1. The number of aromatic nitrogens is 2. The molecule has 0 amide bonds. The fourth-order valence-corrected chi connectivity index (χ4v) is 4.25. The minimum Gasteiger partial charge on any atom is -0.464 e. The van der Waals surface area contributed by atoms with Gasteiger partial charge in [0.2, 0.25) is 0 Å². The van der Waals surface area contributed by atoms with Gasteiger partial charge in [0.15, 0.2) is 5.43 Å². The Balaban J connectivity index is 1.42. The van der Waals surface area contributed by atoms with Gasteiger partial charge >= 0.3 is 0 Å². The number of hydrogen-bond donors (Lipinski definition) is 2. The van der Waals surface area contributed by atoms with E-state index in [0.29, 0.717) is 59.7 Å². The summed E-state index contributed by atoms with van der Waals surface area (Å²) in [5, 5.41) is 0.539. The van der Waals surface area contributed by atoms with Crippen LogP contribution in [0.15, 0.2) is 67.2 Å². The molecule has 8 heteroatoms. The lowest BCUT2D eigenvalue weighted by atomic mass is 10.1. The summed E-state index contributed by atoms with van der Waals surface area (Å²) in [5.41, 5.74) is 9.55. The SMILES string of the molecule is Nc1ccc(-c2nc3c(c(=O)[nH]2)CN(Cc2coc4ccc(Br)cc4c2=O)CC3)cc1. The fraction of sp³-hybridized carbons (Fsp3) is 0.174. The molecule has 3 N–H and O–H groups in total. The summed E-state index contributed by atoms with van der Waals surface area (Å²) in [6, 6.07) is 12.6. The highest BCUT2D eigenvalue weighted by molar-refractivity contribution is 9.10. The quantitative estimate of drug-likeness (QED) is 0.437. The molecule has 3 heterocycles. The molecular weight excluding hydrogens is 460 g/mol. The Labute approximate surface area is 185 Å². The maximum atomic E-state index is 12.9. The number of H-pyrrole nitrogens is 1. The van der Waals surface area contributed by atoms with E-state index in [9.17, 15) is 9.59 Å². The molecular formula is C23H19BrN4O3. The molecule has 4 aromatic rings. The normalized spacial score (nSPS) is 14.0. The number of rotatable bonds is 3. The van der Waals surface area contributed by atoms with Crippen LogP contribution >= 0.6 is 15.9 Å². The van der Waals surface area contributed by atoms with Gasteiger partial charge in [-0.25, -0.2) is 4.98 Å². The number of nitrogens with two attached hydrogens (primary N) is 1. The van der Waals surface area contributed by atoms with E-state index in [4.69, 9.17) is 10.2 Å². The van der Waals surface area contributed by atoms with Crippen LogP contribution in [0.25, 0.3) is 22.4 Å². The van der Waals surface area contributed by atoms with Crippen LogP contribution in [0.1, 0.15) is 16.8 Å². The van der Waals surface area contributed by atoms with Crippen molar-refractivity contribution in [3.05, 3.63) is 90.6 Å². The summed E-state index contributed by atoms with van der Waals surface area (Å²) < 4.78 is 6.47. The van der Waals surface area contributed by atoms with Gasteiger partial charge < -0.3 is 15.1 Å². The third-order valence-corrected chi connectivity index (χ3v) is 6.03. The Morgan fingerprint density at radius 1 is 1.16 bits per heavy atom. The Morgan fingerprint density at radius 3 is 2.77 bits per heavy atom. The average molecular weight is 479 g/mol. The number of benzene rings is 2. The molecule has 1 aliphatic rings. The first-order valence-corrected chi connectivity index (χ1v) is 10.7. The van der Waals surface area contributed by atoms with Crippen LogP contribution in [0.5, 0.6) is 0 Å². The molecule has 0 unspecified atom stereocenters. The minimum absolute atomic E-state index is 0.0564. The number of halogens is 1. The number of nitrogens with one attached hydrogen (secondary N) is 1. The van der Waals surface area contributed by atoms with Crippen LogP contribution < -0.4 is 16.7 Å². The molecule has 0 spiro atoms. The summed E-state index contributed by atoms with van der Waals surface area (Å²) in [6.07, 6.45) is 2.15. The van der Waals surface area contributed by atoms with Crippen molar-refractivity contribution in [2.24, 2.45) is 0 Å². The average Bonchev–Trinajstić information content (AvgIpc) is 2.77. The van der Waals surface area contributed by atoms with Crippen molar-refractivity contribution >= 4 is 32.6 Å². The highest BCUT2D eigenvalue weighted by atomic mass is 79.9. The van der Waals surface area contributed by atoms with E-state index in [1.54, 1.807) is 24.3 Å². The lowest BCUT2D eigenvalue weighted by molar-refractivity contribution is 0.239. The zero-order valence-electron chi connectivity index (χ0n) is 16.5. The molecule has 2 aromatic carbocycles. The molecule has 0 saturated heterocycles. The molecule has 0 fully saturated rings. The molecule has 0 aliphatic carbocycles. The lowest BCUT2D eigenvalue weighted by Crippen LogP contribution is -2.36. The van der Waals surface area contributed by atoms with Gasteiger partial charge in [-0.2, -0.15) is 0 Å². The zero-order valence-corrected chi connectivity index (χ0v) is 18.1. The first-order valence-electron chi connectivity index (χ1n) is 9.88. The standard InChI is InChI=1S/C23H19BrN4O3/c24-15-3-6-20-17(9-15)21(29)14(12-31-20)10-28-8-7-19-18(11-28)23(30)27-22(26-19)13-1-4-16(25)5-2-13/h1-6,9,12H,7-8,10-11,25H2,(H,26,27,30). The molecule has 2 aromatic heterocycles. The van der Waals surface area contributed by atoms with Crippen LogP contribution in [-0.2, 0) is 19.5 Å². The Bertz CT molecular complexity index is 1410. The van der Waals surface area contributed by atoms with E-state index in [1.807, 2.05) is 18.2 Å². The van der Waals surface area contributed by atoms with Crippen LogP contribution in [-0.4, -0.2) is 21.4 Å². The summed E-state index contributed by atoms with van der Waals surface area (Å²) in [7, 11) is 0. The monoisotopic (exact) mass is 478 g/mol. The van der Waals surface area contributed by atoms with E-state index in [2.05, 4.69) is 30.8 Å². The highest BCUT2D eigenvalue weighted by Gasteiger charge is 2.23. The van der Waals surface area contributed by atoms with Crippen LogP contribution in [0.3, 0.4) is 0 Å². The first kappa shape index (κ1) is 19.7. The summed E-state index contributed by atoms with van der Waals surface area (Å²) >= 11 is 3.40. The molecule has 0 atom stereocenters. The summed E-state index contributed by atoms with van der Waals surface area (Å²) in [5.74, 6) is 0.540. The number of fused-ring (bicyclic) bond motifs is 2. The molecule has 31 heavy (non-hydrogen) atoms. The maximum absolute atomic E-state index is 12.9. The van der Waals surface area contributed by atoms with Crippen LogP contribution in [0, 0.1) is 0 Å². The fourth-order valence-electron chi connectivity index (χ4n) is 3.89. The Kier molecular flexibility index (Phi) is 4.95. The van der Waals surface area contributed by atoms with Gasteiger partial charge in [-0.1, -0.05) is 15.9 Å². The molecule has 0 bridgehead atoms. The first-order chi connectivity index (χ1) is 15.0. The van der Waals surface area contributed by atoms with Crippen molar-refractivity contribution in [2.45, 2.75) is 19.5 Å². The van der Waals surface area contributed by atoms with Gasteiger partial charge in [0.05, 0.1) is 22.9 Å². The van der Waals surface area contributed by atoms with Gasteiger partial charge in [-0.05, 0) is 42.5 Å². The predicted octanol–water partition coefficient (Wildman–Crippen LogP) is 3.45. The van der Waals surface area contributed by atoms with Crippen molar-refractivity contribution in [1.82, 2.24) is 14.9 Å². The lowest BCUT2D eigenvalue weighted by Gasteiger charge is -2.27. The third kappa shape index (κ3) is 3.80. The number of nitrogen functional groups attached to an aromatic ring is 1. The number of nitrogens with zero attached hydrogens (tertiary/aromatic N) is 2. The summed E-state index contributed by atoms with van der Waals surface area (Å²) in [4.78, 5) is 35.3. The van der Waals surface area contributed by atoms with E-state index in [-0.39, 0.29) is 11.0 Å². The molecule has 156 valence electrons. The minimum atomic E-state index is -0.156. The summed E-state index contributed by atoms with van der Waals surface area (Å²) in [6.45, 7) is 1.53. The Hall–Kier alpha value is -3.23. The van der Waals surface area contributed by atoms with Crippen molar-refractivity contribution in [1.29, 1.82) is 0 Å². The number of hydrogen-bond acceptors (Lipinski definition) is 6. The second-order valence-electron chi connectivity index (χ2n) is 7.65. The second kappa shape index (κ2) is 7.79. The smallest absolute Gasteiger partial charge is 0.255 e. The third-order valence-electron chi connectivity index (χ3n) is 5.53. The molecule has 7 nitrogen and oxygen atoms in total. The second-order valence-corrected chi connectivity index (χ2v) is 8.57. The molecule has 0 radical (unpaired) electrons. The molecule has 1 aliphatic heterocycles. The van der Waals surface area contributed by atoms with Crippen molar-refractivity contribution < 1.29 is 4.42 Å². The van der Waals surface area contributed by atoms with Crippen LogP contribution in [0.4, 0.5) is 5.69 Å². The van der Waals surface area contributed by atoms with Gasteiger partial charge in [-0.15, -0.1) is 0 Å². The largest absolute Gasteiger partial charge is 0.464 e. The van der Waals surface area contributed by atoms with E-state index in [0.717, 1.165) is 15.7 Å². The van der Waals surface area contributed by atoms with Gasteiger partial charge in [-0.3, -0.25) is 14.5 Å². The number of aromatic amines is 1. The maximum Gasteiger partial charge on any atom is 0.255 e. The van der Waals surface area contributed by atoms with E-state index >= 15 is 0 Å². The van der Waals surface area contributed by atoms with Crippen molar-refractivity contribution in [3.8, 4) is 11.4 Å². The van der Waals surface area contributed by atoms with E-state index < -0.39 is 0 Å². The highest BCUT2D eigenvalue weighted by Crippen LogP contribution is 2.22. The van der Waals surface area contributed by atoms with Crippen molar-refractivity contribution in [2.75, 3.05) is 12.3 Å². The van der Waals surface area contributed by atoms with Gasteiger partial charge in [0.1, 0.15) is 11.4 Å². The van der Waals surface area contributed by atoms with Gasteiger partial charge in [0.25, 0.3) is 5.56 Å². The van der Waals surface area contributed by atoms with Crippen molar-refractivity contribution in [3.63, 3.8) is 0 Å². The molecule has 5 rings (SSSR count). The topological polar surface area (TPSA) is 105 Å². The van der Waals surface area contributed by atoms with E-state index in [1.165, 1.54) is 6.26 Å². The predicted molar refractivity (Wildman–Crippen MR) is 123 cm³/mol. The molecule has 0 saturated carbocycles. The van der Waals surface area contributed by atoms with Gasteiger partial charge in [0, 0.05) is 47.3 Å². The Morgan fingerprint density at radius 2 is 1.97 bits per heavy atom.